The molecule has 1 atom stereocenters. The third-order valence-electron chi connectivity index (χ3n) is 3.08. The molecule has 1 aromatic carbocycles. The molecule has 1 amide bonds. The van der Waals surface area contributed by atoms with Gasteiger partial charge in [0.15, 0.2) is 0 Å². The van der Waals surface area contributed by atoms with E-state index in [0.29, 0.717) is 11.3 Å². The van der Waals surface area contributed by atoms with Crippen molar-refractivity contribution in [1.29, 1.82) is 0 Å². The summed E-state index contributed by atoms with van der Waals surface area (Å²) >= 11 is 0. The number of unbranched alkanes of at least 4 members (excludes halogenated alkanes) is 1. The molecule has 0 saturated carbocycles. The molecule has 0 saturated heterocycles. The minimum absolute atomic E-state index is 0.0130. The van der Waals surface area contributed by atoms with Crippen molar-refractivity contribution >= 4 is 17.3 Å². The molecule has 0 bridgehead atoms. The van der Waals surface area contributed by atoms with E-state index in [0.717, 1.165) is 19.3 Å². The zero-order valence-electron chi connectivity index (χ0n) is 12.1. The van der Waals surface area contributed by atoms with Gasteiger partial charge in [0.25, 0.3) is 11.6 Å². The molecule has 0 spiro atoms. The van der Waals surface area contributed by atoms with Gasteiger partial charge in [-0.2, -0.15) is 0 Å². The Labute approximate surface area is 118 Å². The largest absolute Gasteiger partial charge is 0.377 e. The monoisotopic (exact) mass is 279 g/mol. The van der Waals surface area contributed by atoms with Crippen LogP contribution in [0, 0.1) is 10.1 Å². The molecule has 2 N–H and O–H groups in total. The summed E-state index contributed by atoms with van der Waals surface area (Å²) < 4.78 is 0. The number of hydrogen-bond donors (Lipinski definition) is 2. The number of amides is 1. The second-order valence-corrected chi connectivity index (χ2v) is 4.76. The van der Waals surface area contributed by atoms with Crippen molar-refractivity contribution in [3.8, 4) is 0 Å². The standard InChI is InChI=1S/C14H21N3O3/c1-4-5-6-10(2)16-12-9-11(14(18)15-3)7-8-13(12)17(19)20/h7-10,16H,4-6H2,1-3H3,(H,15,18). The van der Waals surface area contributed by atoms with Crippen LogP contribution in [-0.4, -0.2) is 23.9 Å². The number of rotatable bonds is 7. The summed E-state index contributed by atoms with van der Waals surface area (Å²) in [5.41, 5.74) is 0.781. The van der Waals surface area contributed by atoms with E-state index in [1.807, 2.05) is 6.92 Å². The Hall–Kier alpha value is -2.11. The van der Waals surface area contributed by atoms with E-state index in [1.54, 1.807) is 0 Å². The van der Waals surface area contributed by atoms with Crippen LogP contribution in [0.5, 0.6) is 0 Å². The van der Waals surface area contributed by atoms with Crippen molar-refractivity contribution in [2.45, 2.75) is 39.2 Å². The fraction of sp³-hybridized carbons (Fsp3) is 0.500. The number of carbonyl (C=O) groups excluding carboxylic acids is 1. The topological polar surface area (TPSA) is 84.3 Å². The molecule has 110 valence electrons. The van der Waals surface area contributed by atoms with E-state index >= 15 is 0 Å². The minimum Gasteiger partial charge on any atom is -0.377 e. The highest BCUT2D eigenvalue weighted by Gasteiger charge is 2.17. The molecule has 0 aliphatic carbocycles. The first-order chi connectivity index (χ1) is 9.49. The maximum atomic E-state index is 11.6. The first-order valence-corrected chi connectivity index (χ1v) is 6.76. The SMILES string of the molecule is CCCCC(C)Nc1cc(C(=O)NC)ccc1[N+](=O)[O-]. The van der Waals surface area contributed by atoms with Gasteiger partial charge in [-0.25, -0.2) is 0 Å². The first-order valence-electron chi connectivity index (χ1n) is 6.76. The maximum Gasteiger partial charge on any atom is 0.292 e. The number of nitrogens with one attached hydrogen (secondary N) is 2. The summed E-state index contributed by atoms with van der Waals surface area (Å²) in [4.78, 5) is 22.2. The van der Waals surface area contributed by atoms with Gasteiger partial charge < -0.3 is 10.6 Å². The molecule has 1 unspecified atom stereocenters. The van der Waals surface area contributed by atoms with Gasteiger partial charge in [0.1, 0.15) is 5.69 Å². The maximum absolute atomic E-state index is 11.6. The average molecular weight is 279 g/mol. The van der Waals surface area contributed by atoms with Crippen LogP contribution in [0.25, 0.3) is 0 Å². The van der Waals surface area contributed by atoms with Crippen molar-refractivity contribution in [2.75, 3.05) is 12.4 Å². The van der Waals surface area contributed by atoms with Crippen LogP contribution in [0.3, 0.4) is 0 Å². The normalized spacial score (nSPS) is 11.8. The number of anilines is 1. The van der Waals surface area contributed by atoms with Crippen LogP contribution in [-0.2, 0) is 0 Å². The third-order valence-corrected chi connectivity index (χ3v) is 3.08. The predicted molar refractivity (Wildman–Crippen MR) is 79.1 cm³/mol. The molecule has 0 aliphatic rings. The summed E-state index contributed by atoms with van der Waals surface area (Å²) in [5, 5.41) is 16.7. The van der Waals surface area contributed by atoms with Crippen LogP contribution in [0.15, 0.2) is 18.2 Å². The Morgan fingerprint density at radius 2 is 2.15 bits per heavy atom. The van der Waals surface area contributed by atoms with Crippen molar-refractivity contribution in [3.63, 3.8) is 0 Å². The molecule has 0 fully saturated rings. The number of nitro benzene ring substituents is 1. The van der Waals surface area contributed by atoms with Crippen LogP contribution < -0.4 is 10.6 Å². The van der Waals surface area contributed by atoms with Crippen LogP contribution in [0.2, 0.25) is 0 Å². The highest BCUT2D eigenvalue weighted by Crippen LogP contribution is 2.26. The van der Waals surface area contributed by atoms with E-state index in [4.69, 9.17) is 0 Å². The van der Waals surface area contributed by atoms with Crippen molar-refractivity contribution in [2.24, 2.45) is 0 Å². The van der Waals surface area contributed by atoms with Gasteiger partial charge in [-0.1, -0.05) is 19.8 Å². The third kappa shape index (κ3) is 4.22. The molecular weight excluding hydrogens is 258 g/mol. The fourth-order valence-electron chi connectivity index (χ4n) is 1.94. The number of benzene rings is 1. The summed E-state index contributed by atoms with van der Waals surface area (Å²) in [6.07, 6.45) is 3.06. The lowest BCUT2D eigenvalue weighted by molar-refractivity contribution is -0.384. The Morgan fingerprint density at radius 1 is 1.45 bits per heavy atom. The molecule has 0 aliphatic heterocycles. The molecule has 0 aromatic heterocycles. The molecule has 1 rings (SSSR count). The van der Waals surface area contributed by atoms with Crippen LogP contribution >= 0.6 is 0 Å². The Balaban J connectivity index is 2.99. The van der Waals surface area contributed by atoms with E-state index in [-0.39, 0.29) is 17.6 Å². The van der Waals surface area contributed by atoms with Gasteiger partial charge in [0.2, 0.25) is 0 Å². The second kappa shape index (κ2) is 7.47. The lowest BCUT2D eigenvalue weighted by Gasteiger charge is -2.15. The van der Waals surface area contributed by atoms with E-state index in [1.165, 1.54) is 25.2 Å². The molecule has 6 heteroatoms. The zero-order valence-corrected chi connectivity index (χ0v) is 12.1. The van der Waals surface area contributed by atoms with E-state index < -0.39 is 4.92 Å². The molecule has 6 nitrogen and oxygen atoms in total. The number of nitrogens with zero attached hydrogens (tertiary/aromatic N) is 1. The van der Waals surface area contributed by atoms with Gasteiger partial charge >= 0.3 is 0 Å². The highest BCUT2D eigenvalue weighted by atomic mass is 16.6. The quantitative estimate of drug-likeness (QED) is 0.593. The highest BCUT2D eigenvalue weighted by molar-refractivity contribution is 5.95. The predicted octanol–water partition coefficient (Wildman–Crippen LogP) is 2.95. The van der Waals surface area contributed by atoms with Gasteiger partial charge in [0.05, 0.1) is 4.92 Å². The Morgan fingerprint density at radius 3 is 2.70 bits per heavy atom. The fourth-order valence-corrected chi connectivity index (χ4v) is 1.94. The van der Waals surface area contributed by atoms with Gasteiger partial charge in [-0.15, -0.1) is 0 Å². The van der Waals surface area contributed by atoms with E-state index in [9.17, 15) is 14.9 Å². The molecule has 0 heterocycles. The molecule has 20 heavy (non-hydrogen) atoms. The lowest BCUT2D eigenvalue weighted by atomic mass is 10.1. The van der Waals surface area contributed by atoms with Crippen LogP contribution in [0.4, 0.5) is 11.4 Å². The average Bonchev–Trinajstić information content (AvgIpc) is 2.43. The molecule has 1 aromatic rings. The smallest absolute Gasteiger partial charge is 0.292 e. The van der Waals surface area contributed by atoms with Gasteiger partial charge in [0, 0.05) is 24.7 Å². The summed E-state index contributed by atoms with van der Waals surface area (Å²) in [6.45, 7) is 4.08. The van der Waals surface area contributed by atoms with E-state index in [2.05, 4.69) is 17.6 Å². The van der Waals surface area contributed by atoms with Gasteiger partial charge in [-0.3, -0.25) is 14.9 Å². The Kier molecular flexibility index (Phi) is 5.96. The van der Waals surface area contributed by atoms with Crippen LogP contribution in [0.1, 0.15) is 43.5 Å². The molecular formula is C14H21N3O3. The van der Waals surface area contributed by atoms with Crippen molar-refractivity contribution < 1.29 is 9.72 Å². The second-order valence-electron chi connectivity index (χ2n) is 4.76. The number of nitro groups is 1. The lowest BCUT2D eigenvalue weighted by Crippen LogP contribution is -2.19. The molecule has 0 radical (unpaired) electrons. The summed E-state index contributed by atoms with van der Waals surface area (Å²) in [7, 11) is 1.53. The zero-order chi connectivity index (χ0) is 15.1. The van der Waals surface area contributed by atoms with Crippen molar-refractivity contribution in [1.82, 2.24) is 5.32 Å². The summed E-state index contributed by atoms with van der Waals surface area (Å²) in [5.74, 6) is -0.260. The van der Waals surface area contributed by atoms with Crippen molar-refractivity contribution in [3.05, 3.63) is 33.9 Å². The van der Waals surface area contributed by atoms with Gasteiger partial charge in [-0.05, 0) is 25.5 Å². The number of hydrogen-bond acceptors (Lipinski definition) is 4. The number of carbonyl (C=O) groups is 1. The summed E-state index contributed by atoms with van der Waals surface area (Å²) in [6, 6.07) is 4.46. The first kappa shape index (κ1) is 15.9. The Bertz CT molecular complexity index is 489. The minimum atomic E-state index is -0.442.